The Balaban J connectivity index is 2.19. The molecule has 0 aliphatic carbocycles. The smallest absolute Gasteiger partial charge is 0.327 e. The first-order valence-corrected chi connectivity index (χ1v) is 8.73. The number of nitrogens with zero attached hydrogens (tertiary/aromatic N) is 1. The van der Waals surface area contributed by atoms with E-state index >= 15 is 0 Å². The predicted octanol–water partition coefficient (Wildman–Crippen LogP) is 3.08. The van der Waals surface area contributed by atoms with Gasteiger partial charge in [-0.2, -0.15) is 0 Å². The van der Waals surface area contributed by atoms with Crippen LogP contribution in [0.4, 0.5) is 0 Å². The second-order valence-corrected chi connectivity index (χ2v) is 7.47. The first kappa shape index (κ1) is 16.1. The number of hydrogen-bond acceptors (Lipinski definition) is 4. The molecule has 0 aromatic carbocycles. The molecule has 2 atom stereocenters. The van der Waals surface area contributed by atoms with Crippen LogP contribution in [0, 0.1) is 12.8 Å². The van der Waals surface area contributed by atoms with Crippen LogP contribution in [0.15, 0.2) is 17.5 Å². The standard InChI is InChI=1S/C15H19NO3S2/c1-9(2)14-16(11(8-21-14)15(18)19)13(17)5-4-12-10(3)6-7-20-12/h4-7,9,11,14H,8H2,1-3H3,(H,18,19). The fraction of sp³-hybridized carbons (Fsp3) is 0.467. The van der Waals surface area contributed by atoms with Crippen molar-refractivity contribution in [1.29, 1.82) is 0 Å². The number of carboxylic acids is 1. The van der Waals surface area contributed by atoms with Crippen molar-refractivity contribution in [1.82, 2.24) is 4.90 Å². The molecule has 0 bridgehead atoms. The Kier molecular flexibility index (Phi) is 5.11. The summed E-state index contributed by atoms with van der Waals surface area (Å²) in [5, 5.41) is 11.2. The van der Waals surface area contributed by atoms with E-state index in [0.717, 1.165) is 10.4 Å². The van der Waals surface area contributed by atoms with Gasteiger partial charge in [-0.1, -0.05) is 13.8 Å². The fourth-order valence-electron chi connectivity index (χ4n) is 2.30. The van der Waals surface area contributed by atoms with Gasteiger partial charge in [0.25, 0.3) is 0 Å². The predicted molar refractivity (Wildman–Crippen MR) is 87.4 cm³/mol. The molecule has 1 N–H and O–H groups in total. The third-order valence-electron chi connectivity index (χ3n) is 3.42. The first-order valence-electron chi connectivity index (χ1n) is 6.80. The van der Waals surface area contributed by atoms with Crippen LogP contribution in [0.1, 0.15) is 24.3 Å². The third-order valence-corrected chi connectivity index (χ3v) is 6.03. The van der Waals surface area contributed by atoms with E-state index in [9.17, 15) is 14.7 Å². The Morgan fingerprint density at radius 1 is 1.48 bits per heavy atom. The lowest BCUT2D eigenvalue weighted by Crippen LogP contribution is -2.46. The molecule has 6 heteroatoms. The summed E-state index contributed by atoms with van der Waals surface area (Å²) >= 11 is 3.11. The molecular formula is C15H19NO3S2. The molecule has 1 saturated heterocycles. The van der Waals surface area contributed by atoms with Gasteiger partial charge in [-0.25, -0.2) is 4.79 Å². The lowest BCUT2D eigenvalue weighted by Gasteiger charge is -2.28. The van der Waals surface area contributed by atoms with Crippen LogP contribution in [0.3, 0.4) is 0 Å². The number of aryl methyl sites for hydroxylation is 1. The Hall–Kier alpha value is -1.27. The Morgan fingerprint density at radius 2 is 2.19 bits per heavy atom. The first-order chi connectivity index (χ1) is 9.91. The number of thiophene rings is 1. The lowest BCUT2D eigenvalue weighted by molar-refractivity contribution is -0.147. The average Bonchev–Trinajstić information content (AvgIpc) is 3.02. The van der Waals surface area contributed by atoms with Crippen LogP contribution < -0.4 is 0 Å². The Morgan fingerprint density at radius 3 is 2.71 bits per heavy atom. The van der Waals surface area contributed by atoms with E-state index in [1.807, 2.05) is 32.2 Å². The molecule has 114 valence electrons. The van der Waals surface area contributed by atoms with Crippen LogP contribution in [0.2, 0.25) is 0 Å². The summed E-state index contributed by atoms with van der Waals surface area (Å²) in [4.78, 5) is 26.3. The van der Waals surface area contributed by atoms with Crippen molar-refractivity contribution in [2.24, 2.45) is 5.92 Å². The van der Waals surface area contributed by atoms with E-state index in [-0.39, 0.29) is 17.2 Å². The van der Waals surface area contributed by atoms with Crippen LogP contribution >= 0.6 is 23.1 Å². The number of carboxylic acid groups (broad SMARTS) is 1. The molecule has 1 fully saturated rings. The summed E-state index contributed by atoms with van der Waals surface area (Å²) in [6, 6.07) is 1.27. The fourth-order valence-corrected chi connectivity index (χ4v) is 4.60. The molecule has 0 radical (unpaired) electrons. The average molecular weight is 325 g/mol. The van der Waals surface area contributed by atoms with Crippen LogP contribution in [-0.2, 0) is 9.59 Å². The molecule has 2 heterocycles. The number of hydrogen-bond donors (Lipinski definition) is 1. The summed E-state index contributed by atoms with van der Waals surface area (Å²) in [5.41, 5.74) is 1.12. The number of carbonyl (C=O) groups excluding carboxylic acids is 1. The monoisotopic (exact) mass is 325 g/mol. The van der Waals surface area contributed by atoms with Crippen LogP contribution in [-0.4, -0.2) is 39.1 Å². The summed E-state index contributed by atoms with van der Waals surface area (Å²) in [6.07, 6.45) is 3.28. The lowest BCUT2D eigenvalue weighted by atomic mass is 10.1. The Bertz CT molecular complexity index is 565. The van der Waals surface area contributed by atoms with Crippen molar-refractivity contribution in [3.05, 3.63) is 28.0 Å². The molecule has 2 rings (SSSR count). The molecule has 1 amide bonds. The highest BCUT2D eigenvalue weighted by atomic mass is 32.2. The summed E-state index contributed by atoms with van der Waals surface area (Å²) in [5.74, 6) is -0.478. The largest absolute Gasteiger partial charge is 0.480 e. The maximum atomic E-state index is 12.4. The van der Waals surface area contributed by atoms with Gasteiger partial charge in [0.15, 0.2) is 0 Å². The van der Waals surface area contributed by atoms with Crippen molar-refractivity contribution in [3.63, 3.8) is 0 Å². The van der Waals surface area contributed by atoms with E-state index in [4.69, 9.17) is 0 Å². The molecule has 21 heavy (non-hydrogen) atoms. The minimum absolute atomic E-state index is 0.0762. The number of aliphatic carboxylic acids is 1. The summed E-state index contributed by atoms with van der Waals surface area (Å²) in [7, 11) is 0. The Labute approximate surface area is 132 Å². The highest BCUT2D eigenvalue weighted by Gasteiger charge is 2.41. The topological polar surface area (TPSA) is 57.6 Å². The van der Waals surface area contributed by atoms with Gasteiger partial charge in [0.2, 0.25) is 5.91 Å². The van der Waals surface area contributed by atoms with E-state index in [0.29, 0.717) is 5.75 Å². The van der Waals surface area contributed by atoms with E-state index in [2.05, 4.69) is 0 Å². The minimum Gasteiger partial charge on any atom is -0.480 e. The zero-order valence-corrected chi connectivity index (χ0v) is 13.9. The number of thioether (sulfide) groups is 1. The SMILES string of the molecule is Cc1ccsc1C=CC(=O)N1C(C(=O)O)CSC1C(C)C. The normalized spacial score (nSPS) is 22.4. The molecule has 0 saturated carbocycles. The quantitative estimate of drug-likeness (QED) is 0.864. The van der Waals surface area contributed by atoms with Gasteiger partial charge in [0.1, 0.15) is 6.04 Å². The molecule has 1 aliphatic heterocycles. The van der Waals surface area contributed by atoms with E-state index < -0.39 is 12.0 Å². The zero-order chi connectivity index (χ0) is 15.6. The zero-order valence-electron chi connectivity index (χ0n) is 12.3. The highest BCUT2D eigenvalue weighted by molar-refractivity contribution is 8.00. The van der Waals surface area contributed by atoms with Gasteiger partial charge >= 0.3 is 5.97 Å². The molecular weight excluding hydrogens is 306 g/mol. The summed E-state index contributed by atoms with van der Waals surface area (Å²) < 4.78 is 0. The molecule has 1 aliphatic rings. The number of carbonyl (C=O) groups is 2. The van der Waals surface area contributed by atoms with Crippen LogP contribution in [0.25, 0.3) is 6.08 Å². The van der Waals surface area contributed by atoms with Gasteiger partial charge in [-0.15, -0.1) is 23.1 Å². The number of amides is 1. The molecule has 2 unspecified atom stereocenters. The van der Waals surface area contributed by atoms with E-state index in [1.165, 1.54) is 11.0 Å². The van der Waals surface area contributed by atoms with Crippen molar-refractivity contribution in [3.8, 4) is 0 Å². The van der Waals surface area contributed by atoms with Gasteiger partial charge < -0.3 is 10.0 Å². The maximum absolute atomic E-state index is 12.4. The van der Waals surface area contributed by atoms with Crippen molar-refractivity contribution in [2.75, 3.05) is 5.75 Å². The highest BCUT2D eigenvalue weighted by Crippen LogP contribution is 2.34. The third kappa shape index (κ3) is 3.49. The van der Waals surface area contributed by atoms with Crippen LogP contribution in [0.5, 0.6) is 0 Å². The molecule has 1 aromatic rings. The second kappa shape index (κ2) is 6.66. The maximum Gasteiger partial charge on any atom is 0.327 e. The van der Waals surface area contributed by atoms with Crippen molar-refractivity contribution in [2.45, 2.75) is 32.2 Å². The molecule has 0 spiro atoms. The van der Waals surface area contributed by atoms with Crippen molar-refractivity contribution >= 4 is 41.1 Å². The van der Waals surface area contributed by atoms with Gasteiger partial charge in [-0.05, 0) is 35.9 Å². The molecule has 4 nitrogen and oxygen atoms in total. The number of rotatable bonds is 4. The van der Waals surface area contributed by atoms with Gasteiger partial charge in [-0.3, -0.25) is 4.79 Å². The van der Waals surface area contributed by atoms with Gasteiger partial charge in [0, 0.05) is 16.7 Å². The van der Waals surface area contributed by atoms with Crippen molar-refractivity contribution < 1.29 is 14.7 Å². The molecule has 1 aromatic heterocycles. The van der Waals surface area contributed by atoms with Gasteiger partial charge in [0.05, 0.1) is 5.37 Å². The minimum atomic E-state index is -0.931. The van der Waals surface area contributed by atoms with E-state index in [1.54, 1.807) is 29.2 Å². The summed E-state index contributed by atoms with van der Waals surface area (Å²) in [6.45, 7) is 6.01. The second-order valence-electron chi connectivity index (χ2n) is 5.37.